The molecule has 6 rings (SSSR count). The number of alkyl halides is 3. The molecule has 0 amide bonds. The Hall–Kier alpha value is -3.44. The number of rotatable bonds is 7. The summed E-state index contributed by atoms with van der Waals surface area (Å²) in [7, 11) is 1.85. The van der Waals surface area contributed by atoms with Crippen molar-refractivity contribution in [1.82, 2.24) is 19.5 Å². The summed E-state index contributed by atoms with van der Waals surface area (Å²) in [6.07, 6.45) is 1.72. The van der Waals surface area contributed by atoms with Gasteiger partial charge in [0.25, 0.3) is 0 Å². The number of anilines is 2. The number of pyridine rings is 1. The third kappa shape index (κ3) is 5.12. The van der Waals surface area contributed by atoms with Crippen molar-refractivity contribution in [2.45, 2.75) is 63.3 Å². The molecule has 39 heavy (non-hydrogen) atoms. The molecule has 1 saturated carbocycles. The van der Waals surface area contributed by atoms with Gasteiger partial charge in [0.05, 0.1) is 23.0 Å². The lowest BCUT2D eigenvalue weighted by Gasteiger charge is -2.24. The van der Waals surface area contributed by atoms with E-state index in [1.807, 2.05) is 39.1 Å². The van der Waals surface area contributed by atoms with Crippen molar-refractivity contribution in [3.05, 3.63) is 54.5 Å². The first-order valence-corrected chi connectivity index (χ1v) is 13.2. The van der Waals surface area contributed by atoms with Gasteiger partial charge in [0, 0.05) is 18.6 Å². The Labute approximate surface area is 223 Å². The van der Waals surface area contributed by atoms with Crippen molar-refractivity contribution in [2.75, 3.05) is 24.2 Å². The summed E-state index contributed by atoms with van der Waals surface area (Å²) in [4.78, 5) is 13.3. The first-order valence-electron chi connectivity index (χ1n) is 13.2. The molecule has 0 bridgehead atoms. The van der Waals surface area contributed by atoms with Crippen LogP contribution in [0.3, 0.4) is 0 Å². The number of halogens is 3. The maximum atomic E-state index is 12.6. The highest BCUT2D eigenvalue weighted by Gasteiger charge is 2.54. The van der Waals surface area contributed by atoms with E-state index < -0.39 is 18.5 Å². The van der Waals surface area contributed by atoms with Crippen LogP contribution in [0.25, 0.3) is 21.9 Å². The van der Waals surface area contributed by atoms with Crippen LogP contribution >= 0.6 is 0 Å². The molecule has 2 fully saturated rings. The van der Waals surface area contributed by atoms with Crippen molar-refractivity contribution in [1.29, 1.82) is 0 Å². The summed E-state index contributed by atoms with van der Waals surface area (Å²) in [5.41, 5.74) is 2.61. The molecule has 1 aromatic carbocycles. The molecule has 0 radical (unpaired) electrons. The quantitative estimate of drug-likeness (QED) is 0.311. The first-order chi connectivity index (χ1) is 18.6. The molecule has 8 nitrogen and oxygen atoms in total. The zero-order valence-electron chi connectivity index (χ0n) is 22.0. The number of aromatic nitrogens is 4. The fraction of sp³-hybridized carbons (Fsp3) is 0.464. The average molecular weight is 541 g/mol. The lowest BCUT2D eigenvalue weighted by molar-refractivity contribution is -0.160. The van der Waals surface area contributed by atoms with Gasteiger partial charge in [-0.1, -0.05) is 12.1 Å². The number of aryl methyl sites for hydroxylation is 1. The SMILES string of the molecule is CNc1ncnc2c1ccn2[C@@H]1C[C@H](CCc2ccc3ccc(NCC(F)(F)F)nc3c2)[C@H]2OC(C)(C)O[C@H]21. The predicted octanol–water partition coefficient (Wildman–Crippen LogP) is 5.71. The zero-order chi connectivity index (χ0) is 27.4. The molecular formula is C28H31F3N6O2. The van der Waals surface area contributed by atoms with Crippen LogP contribution in [0.5, 0.6) is 0 Å². The van der Waals surface area contributed by atoms with E-state index >= 15 is 0 Å². The summed E-state index contributed by atoms with van der Waals surface area (Å²) in [6.45, 7) is 2.79. The molecule has 2 aliphatic rings. The van der Waals surface area contributed by atoms with Crippen molar-refractivity contribution >= 4 is 33.6 Å². The Morgan fingerprint density at radius 2 is 1.87 bits per heavy atom. The normalized spacial score (nSPS) is 24.4. The maximum absolute atomic E-state index is 12.6. The largest absolute Gasteiger partial charge is 0.405 e. The Morgan fingerprint density at radius 1 is 1.08 bits per heavy atom. The van der Waals surface area contributed by atoms with E-state index in [0.717, 1.165) is 47.1 Å². The molecule has 0 unspecified atom stereocenters. The minimum Gasteiger partial charge on any atom is -0.372 e. The van der Waals surface area contributed by atoms with Crippen molar-refractivity contribution in [2.24, 2.45) is 5.92 Å². The number of ether oxygens (including phenoxy) is 2. The second-order valence-corrected chi connectivity index (χ2v) is 10.8. The molecule has 1 aliphatic carbocycles. The van der Waals surface area contributed by atoms with Crippen molar-refractivity contribution in [3.8, 4) is 0 Å². The summed E-state index contributed by atoms with van der Waals surface area (Å²) in [5, 5.41) is 7.34. The number of nitrogens with zero attached hydrogens (tertiary/aromatic N) is 4. The highest BCUT2D eigenvalue weighted by molar-refractivity contribution is 5.87. The highest BCUT2D eigenvalue weighted by Crippen LogP contribution is 2.49. The van der Waals surface area contributed by atoms with Gasteiger partial charge in [-0.15, -0.1) is 0 Å². The highest BCUT2D eigenvalue weighted by atomic mass is 19.4. The molecule has 4 atom stereocenters. The van der Waals surface area contributed by atoms with Gasteiger partial charge >= 0.3 is 6.18 Å². The van der Waals surface area contributed by atoms with E-state index in [2.05, 4.69) is 42.4 Å². The fourth-order valence-electron chi connectivity index (χ4n) is 6.01. The molecule has 0 spiro atoms. The van der Waals surface area contributed by atoms with Crippen molar-refractivity contribution < 1.29 is 22.6 Å². The van der Waals surface area contributed by atoms with Gasteiger partial charge in [-0.2, -0.15) is 13.2 Å². The smallest absolute Gasteiger partial charge is 0.372 e. The van der Waals surface area contributed by atoms with Gasteiger partial charge in [-0.3, -0.25) is 0 Å². The van der Waals surface area contributed by atoms with Gasteiger partial charge in [-0.05, 0) is 68.9 Å². The molecule has 3 aromatic heterocycles. The number of fused-ring (bicyclic) bond motifs is 3. The van der Waals surface area contributed by atoms with E-state index in [1.54, 1.807) is 18.5 Å². The molecule has 1 saturated heterocycles. The Bertz CT molecular complexity index is 1500. The zero-order valence-corrected chi connectivity index (χ0v) is 22.0. The molecule has 206 valence electrons. The van der Waals surface area contributed by atoms with Gasteiger partial charge < -0.3 is 24.7 Å². The molecule has 11 heteroatoms. The van der Waals surface area contributed by atoms with Crippen LogP contribution in [-0.2, 0) is 15.9 Å². The van der Waals surface area contributed by atoms with Gasteiger partial charge in [0.15, 0.2) is 5.79 Å². The number of hydrogen-bond acceptors (Lipinski definition) is 7. The van der Waals surface area contributed by atoms with Crippen LogP contribution in [0.15, 0.2) is 48.9 Å². The van der Waals surface area contributed by atoms with Gasteiger partial charge in [-0.25, -0.2) is 15.0 Å². The predicted molar refractivity (Wildman–Crippen MR) is 143 cm³/mol. The summed E-state index contributed by atoms with van der Waals surface area (Å²) in [6, 6.07) is 11.4. The van der Waals surface area contributed by atoms with Crippen LogP contribution in [0, 0.1) is 5.92 Å². The van der Waals surface area contributed by atoms with Crippen LogP contribution in [-0.4, -0.2) is 57.3 Å². The minimum atomic E-state index is -4.30. The maximum Gasteiger partial charge on any atom is 0.405 e. The third-order valence-electron chi connectivity index (χ3n) is 7.69. The number of benzene rings is 1. The van der Waals surface area contributed by atoms with E-state index in [-0.39, 0.29) is 30.0 Å². The Morgan fingerprint density at radius 3 is 2.67 bits per heavy atom. The van der Waals surface area contributed by atoms with Gasteiger partial charge in [0.1, 0.15) is 36.3 Å². The minimum absolute atomic E-state index is 0.0511. The third-order valence-corrected chi connectivity index (χ3v) is 7.69. The average Bonchev–Trinajstić information content (AvgIpc) is 3.56. The van der Waals surface area contributed by atoms with E-state index in [0.29, 0.717) is 5.52 Å². The lowest BCUT2D eigenvalue weighted by atomic mass is 9.95. The lowest BCUT2D eigenvalue weighted by Crippen LogP contribution is -2.27. The molecular weight excluding hydrogens is 509 g/mol. The van der Waals surface area contributed by atoms with Crippen LogP contribution < -0.4 is 10.6 Å². The molecule has 4 heterocycles. The standard InChI is InChI=1S/C28H31F3N6O2/c1-27(2)38-23-18(13-21(24(23)39-27)37-11-10-19-25(32-3)34-15-35-26(19)37)7-5-16-4-6-17-8-9-22(36-20(17)12-16)33-14-28(29,30)31/h4,6,8-12,15,18,21,23-24H,5,7,13-14H2,1-3H3,(H,33,36)(H,32,34,35)/t18-,21+,23+,24-/m0/s1. The van der Waals surface area contributed by atoms with Crippen LogP contribution in [0.2, 0.25) is 0 Å². The topological polar surface area (TPSA) is 86.1 Å². The molecule has 4 aromatic rings. The summed E-state index contributed by atoms with van der Waals surface area (Å²) < 4.78 is 52.9. The number of nitrogens with one attached hydrogen (secondary N) is 2. The van der Waals surface area contributed by atoms with Crippen molar-refractivity contribution in [3.63, 3.8) is 0 Å². The Kier molecular flexibility index (Phi) is 6.38. The Balaban J connectivity index is 1.21. The summed E-state index contributed by atoms with van der Waals surface area (Å²) in [5.74, 6) is 0.581. The second-order valence-electron chi connectivity index (χ2n) is 10.8. The van der Waals surface area contributed by atoms with E-state index in [1.165, 1.54) is 0 Å². The number of hydrogen-bond donors (Lipinski definition) is 2. The molecule has 2 N–H and O–H groups in total. The van der Waals surface area contributed by atoms with Gasteiger partial charge in [0.2, 0.25) is 0 Å². The summed E-state index contributed by atoms with van der Waals surface area (Å²) >= 11 is 0. The second kappa shape index (κ2) is 9.63. The van der Waals surface area contributed by atoms with E-state index in [4.69, 9.17) is 9.47 Å². The van der Waals surface area contributed by atoms with E-state index in [9.17, 15) is 13.2 Å². The van der Waals surface area contributed by atoms with Crippen LogP contribution in [0.1, 0.15) is 38.3 Å². The monoisotopic (exact) mass is 540 g/mol. The van der Waals surface area contributed by atoms with Crippen LogP contribution in [0.4, 0.5) is 24.8 Å². The first kappa shape index (κ1) is 25.8. The fourth-order valence-corrected chi connectivity index (χ4v) is 6.01. The molecule has 1 aliphatic heterocycles.